The SMILES string of the molecule is Cc1ccc(Nc2cc(C#N)ccc2N)o1. The zero-order valence-corrected chi connectivity index (χ0v) is 8.82. The summed E-state index contributed by atoms with van der Waals surface area (Å²) in [5.41, 5.74) is 7.59. The normalized spacial score (nSPS) is 9.75. The first kappa shape index (κ1) is 10.1. The van der Waals surface area contributed by atoms with Crippen molar-refractivity contribution in [2.75, 3.05) is 11.1 Å². The Morgan fingerprint density at radius 3 is 2.75 bits per heavy atom. The van der Waals surface area contributed by atoms with Gasteiger partial charge in [-0.25, -0.2) is 0 Å². The molecule has 2 aromatic rings. The van der Waals surface area contributed by atoms with Crippen LogP contribution in [0, 0.1) is 18.3 Å². The Morgan fingerprint density at radius 2 is 2.12 bits per heavy atom. The first-order valence-corrected chi connectivity index (χ1v) is 4.82. The molecule has 4 heteroatoms. The highest BCUT2D eigenvalue weighted by atomic mass is 16.4. The lowest BCUT2D eigenvalue weighted by atomic mass is 10.2. The van der Waals surface area contributed by atoms with E-state index in [-0.39, 0.29) is 0 Å². The second-order valence-corrected chi connectivity index (χ2v) is 3.45. The largest absolute Gasteiger partial charge is 0.446 e. The standard InChI is InChI=1S/C12H11N3O/c1-8-2-5-12(16-8)15-11-6-9(7-13)3-4-10(11)14/h2-6,15H,14H2,1H3. The smallest absolute Gasteiger partial charge is 0.197 e. The molecule has 0 aliphatic carbocycles. The molecule has 1 heterocycles. The average molecular weight is 213 g/mol. The molecule has 0 aliphatic heterocycles. The van der Waals surface area contributed by atoms with Crippen molar-refractivity contribution in [3.63, 3.8) is 0 Å². The molecule has 0 amide bonds. The van der Waals surface area contributed by atoms with E-state index in [1.165, 1.54) is 0 Å². The molecule has 0 unspecified atom stereocenters. The van der Waals surface area contributed by atoms with Gasteiger partial charge in [0.25, 0.3) is 0 Å². The molecule has 16 heavy (non-hydrogen) atoms. The van der Waals surface area contributed by atoms with Gasteiger partial charge in [-0.3, -0.25) is 0 Å². The fraction of sp³-hybridized carbons (Fsp3) is 0.0833. The van der Waals surface area contributed by atoms with E-state index < -0.39 is 0 Å². The van der Waals surface area contributed by atoms with Crippen LogP contribution in [0.5, 0.6) is 0 Å². The molecule has 1 aromatic carbocycles. The number of furan rings is 1. The van der Waals surface area contributed by atoms with Crippen LogP contribution in [0.25, 0.3) is 0 Å². The number of nitrogens with zero attached hydrogens (tertiary/aromatic N) is 1. The molecule has 0 radical (unpaired) electrons. The summed E-state index contributed by atoms with van der Waals surface area (Å²) in [5, 5.41) is 11.8. The molecular weight excluding hydrogens is 202 g/mol. The Hall–Kier alpha value is -2.41. The van der Waals surface area contributed by atoms with E-state index in [1.54, 1.807) is 18.2 Å². The third-order valence-corrected chi connectivity index (χ3v) is 2.18. The van der Waals surface area contributed by atoms with E-state index in [1.807, 2.05) is 19.1 Å². The summed E-state index contributed by atoms with van der Waals surface area (Å²) in [6.07, 6.45) is 0. The topological polar surface area (TPSA) is 75.0 Å². The Kier molecular flexibility index (Phi) is 2.52. The van der Waals surface area contributed by atoms with Gasteiger partial charge >= 0.3 is 0 Å². The molecule has 80 valence electrons. The van der Waals surface area contributed by atoms with E-state index >= 15 is 0 Å². The maximum atomic E-state index is 8.78. The Bertz CT molecular complexity index is 552. The summed E-state index contributed by atoms with van der Waals surface area (Å²) >= 11 is 0. The van der Waals surface area contributed by atoms with Crippen LogP contribution in [-0.2, 0) is 0 Å². The van der Waals surface area contributed by atoms with Crippen LogP contribution in [0.15, 0.2) is 34.7 Å². The second kappa shape index (κ2) is 3.99. The monoisotopic (exact) mass is 213 g/mol. The van der Waals surface area contributed by atoms with Gasteiger partial charge in [0.15, 0.2) is 5.88 Å². The van der Waals surface area contributed by atoms with Gasteiger partial charge in [0, 0.05) is 6.07 Å². The zero-order chi connectivity index (χ0) is 11.5. The third-order valence-electron chi connectivity index (χ3n) is 2.18. The number of rotatable bonds is 2. The summed E-state index contributed by atoms with van der Waals surface area (Å²) in [4.78, 5) is 0. The molecule has 3 N–H and O–H groups in total. The lowest BCUT2D eigenvalue weighted by Crippen LogP contribution is -1.95. The van der Waals surface area contributed by atoms with Gasteiger partial charge in [-0.05, 0) is 31.2 Å². The van der Waals surface area contributed by atoms with Crippen molar-refractivity contribution >= 4 is 17.3 Å². The van der Waals surface area contributed by atoms with Crippen molar-refractivity contribution in [3.8, 4) is 6.07 Å². The predicted octanol–water partition coefficient (Wildman–Crippen LogP) is 2.79. The van der Waals surface area contributed by atoms with E-state index in [2.05, 4.69) is 11.4 Å². The van der Waals surface area contributed by atoms with Crippen LogP contribution in [0.1, 0.15) is 11.3 Å². The highest BCUT2D eigenvalue weighted by molar-refractivity contribution is 5.72. The molecule has 0 spiro atoms. The van der Waals surface area contributed by atoms with Gasteiger partial charge in [0.1, 0.15) is 5.76 Å². The predicted molar refractivity (Wildman–Crippen MR) is 62.3 cm³/mol. The van der Waals surface area contributed by atoms with Crippen molar-refractivity contribution in [2.24, 2.45) is 0 Å². The summed E-state index contributed by atoms with van der Waals surface area (Å²) in [7, 11) is 0. The molecule has 4 nitrogen and oxygen atoms in total. The summed E-state index contributed by atoms with van der Waals surface area (Å²) in [6, 6.07) is 10.8. The Morgan fingerprint density at radius 1 is 1.31 bits per heavy atom. The first-order valence-electron chi connectivity index (χ1n) is 4.82. The molecular formula is C12H11N3O. The van der Waals surface area contributed by atoms with Crippen LogP contribution in [0.4, 0.5) is 17.3 Å². The van der Waals surface area contributed by atoms with Crippen molar-refractivity contribution in [1.82, 2.24) is 0 Å². The van der Waals surface area contributed by atoms with Gasteiger partial charge in [-0.15, -0.1) is 0 Å². The molecule has 0 fully saturated rings. The van der Waals surface area contributed by atoms with Gasteiger partial charge in [0.05, 0.1) is 23.0 Å². The lowest BCUT2D eigenvalue weighted by molar-refractivity contribution is 0.551. The number of hydrogen-bond acceptors (Lipinski definition) is 4. The van der Waals surface area contributed by atoms with Crippen LogP contribution in [-0.4, -0.2) is 0 Å². The van der Waals surface area contributed by atoms with Crippen molar-refractivity contribution in [3.05, 3.63) is 41.7 Å². The fourth-order valence-corrected chi connectivity index (χ4v) is 1.37. The Balaban J connectivity index is 2.30. The number of nitrogen functional groups attached to an aromatic ring is 1. The summed E-state index contributed by atoms with van der Waals surface area (Å²) in [5.74, 6) is 1.43. The minimum Gasteiger partial charge on any atom is -0.446 e. The highest BCUT2D eigenvalue weighted by Gasteiger charge is 2.03. The quantitative estimate of drug-likeness (QED) is 0.752. The molecule has 0 saturated carbocycles. The van der Waals surface area contributed by atoms with Crippen LogP contribution >= 0.6 is 0 Å². The second-order valence-electron chi connectivity index (χ2n) is 3.45. The number of aryl methyl sites for hydroxylation is 1. The summed E-state index contributed by atoms with van der Waals surface area (Å²) in [6.45, 7) is 1.86. The molecule has 0 atom stereocenters. The molecule has 0 saturated heterocycles. The van der Waals surface area contributed by atoms with Gasteiger partial charge in [0.2, 0.25) is 0 Å². The van der Waals surface area contributed by atoms with Crippen molar-refractivity contribution < 1.29 is 4.42 Å². The number of nitrogens with two attached hydrogens (primary N) is 1. The van der Waals surface area contributed by atoms with E-state index in [4.69, 9.17) is 15.4 Å². The molecule has 0 bridgehead atoms. The van der Waals surface area contributed by atoms with Crippen LogP contribution < -0.4 is 11.1 Å². The summed E-state index contributed by atoms with van der Waals surface area (Å²) < 4.78 is 5.37. The highest BCUT2D eigenvalue weighted by Crippen LogP contribution is 2.25. The number of benzene rings is 1. The minimum absolute atomic E-state index is 0.556. The van der Waals surface area contributed by atoms with E-state index in [9.17, 15) is 0 Å². The number of nitrogens with one attached hydrogen (secondary N) is 1. The van der Waals surface area contributed by atoms with Crippen molar-refractivity contribution in [1.29, 1.82) is 5.26 Å². The lowest BCUT2D eigenvalue weighted by Gasteiger charge is -2.06. The maximum Gasteiger partial charge on any atom is 0.197 e. The maximum absolute atomic E-state index is 8.78. The number of anilines is 3. The third kappa shape index (κ3) is 1.98. The molecule has 0 aliphatic rings. The average Bonchev–Trinajstić information content (AvgIpc) is 2.67. The van der Waals surface area contributed by atoms with Gasteiger partial charge in [-0.2, -0.15) is 5.26 Å². The fourth-order valence-electron chi connectivity index (χ4n) is 1.37. The molecule has 1 aromatic heterocycles. The minimum atomic E-state index is 0.556. The van der Waals surface area contributed by atoms with Crippen LogP contribution in [0.2, 0.25) is 0 Å². The zero-order valence-electron chi connectivity index (χ0n) is 8.82. The Labute approximate surface area is 93.3 Å². The number of hydrogen-bond donors (Lipinski definition) is 2. The number of nitriles is 1. The van der Waals surface area contributed by atoms with Crippen LogP contribution in [0.3, 0.4) is 0 Å². The van der Waals surface area contributed by atoms with Gasteiger partial charge in [-0.1, -0.05) is 0 Å². The van der Waals surface area contributed by atoms with Gasteiger partial charge < -0.3 is 15.5 Å². The van der Waals surface area contributed by atoms with E-state index in [0.717, 1.165) is 5.76 Å². The molecule has 2 rings (SSSR count). The first-order chi connectivity index (χ1) is 7.69. The van der Waals surface area contributed by atoms with E-state index in [0.29, 0.717) is 22.8 Å². The van der Waals surface area contributed by atoms with Crippen molar-refractivity contribution in [2.45, 2.75) is 6.92 Å².